The number of carbonyl (C=O) groups is 4. The maximum atomic E-state index is 8.94. The van der Waals surface area contributed by atoms with Crippen LogP contribution in [0.25, 0.3) is 0 Å². The van der Waals surface area contributed by atoms with Crippen LogP contribution in [0.1, 0.15) is 0 Å². The third kappa shape index (κ3) is 149. The van der Waals surface area contributed by atoms with Crippen LogP contribution in [0.2, 0.25) is 0 Å². The molecule has 0 saturated carbocycles. The van der Waals surface area contributed by atoms with E-state index in [2.05, 4.69) is 0 Å². The topological polar surface area (TPSA) is 290 Å². The van der Waals surface area contributed by atoms with Gasteiger partial charge in [0.05, 0.1) is 0 Å². The van der Waals surface area contributed by atoms with Crippen LogP contribution in [0.5, 0.6) is 0 Å². The van der Waals surface area contributed by atoms with Gasteiger partial charge in [0.1, 0.15) is 0 Å². The molecule has 0 radical (unpaired) electrons. The Kier molecular flexibility index (Phi) is 38.0. The molecule has 0 aliphatic heterocycles. The SMILES string of the molecule is O=C(O)N[O-].O=C(O)N[O-].O=C(O)N[O-].O=C(O)N[O-].[Si+4]. The van der Waals surface area contributed by atoms with Crippen molar-refractivity contribution in [2.75, 3.05) is 0 Å². The molecule has 21 heavy (non-hydrogen) atoms. The summed E-state index contributed by atoms with van der Waals surface area (Å²) in [7, 11) is 0. The number of carboxylic acid groups (broad SMARTS) is 4. The van der Waals surface area contributed by atoms with E-state index in [0.29, 0.717) is 21.9 Å². The Morgan fingerprint density at radius 2 is 0.571 bits per heavy atom. The summed E-state index contributed by atoms with van der Waals surface area (Å²) < 4.78 is 0. The first-order valence-electron chi connectivity index (χ1n) is 3.53. The fourth-order valence-corrected chi connectivity index (χ4v) is 0. The molecule has 0 aliphatic carbocycles. The van der Waals surface area contributed by atoms with Crippen molar-refractivity contribution in [1.82, 2.24) is 21.9 Å². The summed E-state index contributed by atoms with van der Waals surface area (Å²) >= 11 is 0. The number of hydrogen-bond acceptors (Lipinski definition) is 8. The summed E-state index contributed by atoms with van der Waals surface area (Å²) in [5.74, 6) is 0. The van der Waals surface area contributed by atoms with Gasteiger partial charge in [-0.3, -0.25) is 0 Å². The number of amides is 4. The summed E-state index contributed by atoms with van der Waals surface area (Å²) in [6.45, 7) is 0. The van der Waals surface area contributed by atoms with E-state index in [0.717, 1.165) is 0 Å². The van der Waals surface area contributed by atoms with Crippen molar-refractivity contribution in [2.45, 2.75) is 0 Å². The second kappa shape index (κ2) is 25.9. The summed E-state index contributed by atoms with van der Waals surface area (Å²) in [4.78, 5) is 35.8. The Bertz CT molecular complexity index is 230. The van der Waals surface area contributed by atoms with Gasteiger partial charge in [-0.1, -0.05) is 0 Å². The molecule has 0 bridgehead atoms. The second-order valence-corrected chi connectivity index (χ2v) is 1.63. The van der Waals surface area contributed by atoms with E-state index in [-0.39, 0.29) is 11.0 Å². The van der Waals surface area contributed by atoms with Crippen LogP contribution < -0.4 is 21.9 Å². The Balaban J connectivity index is -0.0000000533. The smallest absolute Gasteiger partial charge is 0.756 e. The van der Waals surface area contributed by atoms with Crippen molar-refractivity contribution in [2.24, 2.45) is 0 Å². The quantitative estimate of drug-likeness (QED) is 0.188. The summed E-state index contributed by atoms with van der Waals surface area (Å²) in [5.41, 5.74) is 2.78. The van der Waals surface area contributed by atoms with Gasteiger partial charge in [-0.05, 0) is 0 Å². The fourth-order valence-electron chi connectivity index (χ4n) is 0. The molecule has 0 heterocycles. The van der Waals surface area contributed by atoms with E-state index in [1.807, 2.05) is 0 Å². The first-order chi connectivity index (χ1) is 9.08. The van der Waals surface area contributed by atoms with Crippen molar-refractivity contribution < 1.29 is 39.6 Å². The molecule has 17 heteroatoms. The van der Waals surface area contributed by atoms with E-state index in [1.54, 1.807) is 0 Å². The van der Waals surface area contributed by atoms with Gasteiger partial charge >= 0.3 is 35.3 Å². The standard InChI is InChI=1S/4CH2NO3.Si/c4*3-1(4)2-5;/h4*2H,(H,3,4);/q4*-1;+4. The first-order valence-corrected chi connectivity index (χ1v) is 3.53. The zero-order valence-corrected chi connectivity index (χ0v) is 10.6. The average molecular weight is 332 g/mol. The van der Waals surface area contributed by atoms with E-state index < -0.39 is 24.4 Å². The van der Waals surface area contributed by atoms with Gasteiger partial charge in [0.2, 0.25) is 0 Å². The molecule has 0 spiro atoms. The van der Waals surface area contributed by atoms with Crippen LogP contribution in [0.3, 0.4) is 0 Å². The van der Waals surface area contributed by atoms with E-state index in [4.69, 9.17) is 60.4 Å². The number of nitrogens with one attached hydrogen (secondary N) is 4. The van der Waals surface area contributed by atoms with Crippen LogP contribution in [0.15, 0.2) is 0 Å². The third-order valence-corrected chi connectivity index (χ3v) is 0.349. The predicted octanol–water partition coefficient (Wildman–Crippen LogP) is -1.37. The van der Waals surface area contributed by atoms with Gasteiger partial charge in [0.15, 0.2) is 0 Å². The number of hydroxylamine groups is 4. The number of hydrogen-bond donors (Lipinski definition) is 8. The monoisotopic (exact) mass is 332 g/mol. The molecule has 0 aromatic heterocycles. The Morgan fingerprint density at radius 1 is 0.524 bits per heavy atom. The average Bonchev–Trinajstić information content (AvgIpc) is 2.40. The minimum Gasteiger partial charge on any atom is -0.756 e. The second-order valence-electron chi connectivity index (χ2n) is 1.63. The Labute approximate surface area is 119 Å². The maximum absolute atomic E-state index is 8.94. The Hall–Kier alpha value is -2.86. The largest absolute Gasteiger partial charge is 4.00 e. The maximum Gasteiger partial charge on any atom is 4.00 e. The molecule has 0 unspecified atom stereocenters. The molecule has 0 aliphatic rings. The molecule has 0 saturated heterocycles. The van der Waals surface area contributed by atoms with Gasteiger partial charge < -0.3 is 63.2 Å². The van der Waals surface area contributed by atoms with Crippen LogP contribution in [-0.4, -0.2) is 55.8 Å². The molecule has 0 atom stereocenters. The van der Waals surface area contributed by atoms with Crippen molar-refractivity contribution in [3.8, 4) is 0 Å². The first kappa shape index (κ1) is 30.9. The minimum absolute atomic E-state index is 0. The molecule has 0 rings (SSSR count). The summed E-state index contributed by atoms with van der Waals surface area (Å²) in [6.07, 6.45) is -6.20. The minimum atomic E-state index is -1.55. The van der Waals surface area contributed by atoms with Gasteiger partial charge in [-0.15, -0.1) is 0 Å². The number of rotatable bonds is 0. The van der Waals surface area contributed by atoms with Gasteiger partial charge in [0.25, 0.3) is 0 Å². The van der Waals surface area contributed by atoms with E-state index in [9.17, 15) is 0 Å². The molecule has 4 amide bonds. The summed E-state index contributed by atoms with van der Waals surface area (Å²) in [6, 6.07) is 0. The normalized spacial score (nSPS) is 6.29. The van der Waals surface area contributed by atoms with Gasteiger partial charge in [0, 0.05) is 0 Å². The van der Waals surface area contributed by atoms with Crippen molar-refractivity contribution in [3.05, 3.63) is 20.8 Å². The molecule has 0 aromatic carbocycles. The summed E-state index contributed by atoms with van der Waals surface area (Å²) in [5, 5.41) is 64.3. The molecule has 0 aromatic rings. The zero-order valence-electron chi connectivity index (χ0n) is 9.55. The predicted molar refractivity (Wildman–Crippen MR) is 63.9 cm³/mol. The molecule has 16 nitrogen and oxygen atoms in total. The van der Waals surface area contributed by atoms with Crippen LogP contribution in [-0.2, 0) is 0 Å². The molecular weight excluding hydrogens is 324 g/mol. The molecule has 0 fully saturated rings. The van der Waals surface area contributed by atoms with Gasteiger partial charge in [-0.25, -0.2) is 19.2 Å². The zero-order chi connectivity index (χ0) is 17.1. The van der Waals surface area contributed by atoms with Crippen molar-refractivity contribution >= 4 is 35.3 Å². The van der Waals surface area contributed by atoms with Crippen LogP contribution in [0, 0.1) is 20.8 Å². The Morgan fingerprint density at radius 3 is 0.571 bits per heavy atom. The fraction of sp³-hybridized carbons (Fsp3) is 0. The molecule has 8 N–H and O–H groups in total. The molecular formula is C4H8N4O12Si. The third-order valence-electron chi connectivity index (χ3n) is 0.349. The van der Waals surface area contributed by atoms with Crippen LogP contribution >= 0.6 is 0 Å². The van der Waals surface area contributed by atoms with E-state index >= 15 is 0 Å². The van der Waals surface area contributed by atoms with Crippen LogP contribution in [0.4, 0.5) is 19.2 Å². The van der Waals surface area contributed by atoms with E-state index in [1.165, 1.54) is 0 Å². The molecule has 120 valence electrons. The van der Waals surface area contributed by atoms with Crippen molar-refractivity contribution in [1.29, 1.82) is 0 Å². The van der Waals surface area contributed by atoms with Crippen molar-refractivity contribution in [3.63, 3.8) is 0 Å². The van der Waals surface area contributed by atoms with Gasteiger partial charge in [-0.2, -0.15) is 0 Å².